The summed E-state index contributed by atoms with van der Waals surface area (Å²) in [5, 5.41) is 9.28. The lowest BCUT2D eigenvalue weighted by atomic mass is 9.77. The maximum Gasteiger partial charge on any atom is 0.296 e. The predicted molar refractivity (Wildman–Crippen MR) is 142 cm³/mol. The largest absolute Gasteiger partial charge is 0.396 e. The summed E-state index contributed by atoms with van der Waals surface area (Å²) in [5.74, 6) is 0. The van der Waals surface area contributed by atoms with Crippen LogP contribution in [0.5, 0.6) is 0 Å². The van der Waals surface area contributed by atoms with Crippen LogP contribution < -0.4 is 0 Å². The molecule has 6 nitrogen and oxygen atoms in total. The topological polar surface area (TPSA) is 82.1 Å². The molecule has 35 heavy (non-hydrogen) atoms. The van der Waals surface area contributed by atoms with Crippen molar-refractivity contribution in [2.45, 2.75) is 70.6 Å². The minimum atomic E-state index is -3.71. The maximum absolute atomic E-state index is 12.3. The summed E-state index contributed by atoms with van der Waals surface area (Å²) in [5.41, 5.74) is 1.02. The number of benzene rings is 1. The van der Waals surface area contributed by atoms with Crippen LogP contribution in [0.4, 0.5) is 0 Å². The van der Waals surface area contributed by atoms with Crippen molar-refractivity contribution in [2.75, 3.05) is 39.6 Å². The number of ether oxygens (including phenoxy) is 2. The third-order valence-electron chi connectivity index (χ3n) is 7.03. The van der Waals surface area contributed by atoms with Crippen LogP contribution in [-0.2, 0) is 23.8 Å². The maximum atomic E-state index is 12.3. The summed E-state index contributed by atoms with van der Waals surface area (Å²) < 4.78 is 40.7. The number of rotatable bonds is 11. The second-order valence-corrected chi connectivity index (χ2v) is 11.2. The summed E-state index contributed by atoms with van der Waals surface area (Å²) in [6.45, 7) is 12.8. The molecule has 0 radical (unpaired) electrons. The Morgan fingerprint density at radius 1 is 0.914 bits per heavy atom. The minimum Gasteiger partial charge on any atom is -0.396 e. The van der Waals surface area contributed by atoms with Crippen molar-refractivity contribution in [3.05, 3.63) is 55.1 Å². The van der Waals surface area contributed by atoms with E-state index in [1.54, 1.807) is 24.3 Å². The Morgan fingerprint density at radius 3 is 1.83 bits per heavy atom. The van der Waals surface area contributed by atoms with E-state index in [1.807, 2.05) is 19.1 Å². The zero-order valence-electron chi connectivity index (χ0n) is 20.7. The van der Waals surface area contributed by atoms with E-state index in [4.69, 9.17) is 13.7 Å². The highest BCUT2D eigenvalue weighted by molar-refractivity contribution is 7.86. The molecule has 2 heterocycles. The van der Waals surface area contributed by atoms with Crippen molar-refractivity contribution in [3.63, 3.8) is 0 Å². The van der Waals surface area contributed by atoms with Gasteiger partial charge >= 0.3 is 0 Å². The summed E-state index contributed by atoms with van der Waals surface area (Å²) in [6, 6.07) is 6.73. The second-order valence-electron chi connectivity index (χ2n) is 9.57. The SMILES string of the molecule is C.C=CCCC1(CO)CCOCC1.C=CCCC1(COS(=O)(=O)c2ccc(C)cc2)CCOCC1. The minimum absolute atomic E-state index is 0. The molecule has 200 valence electrons. The lowest BCUT2D eigenvalue weighted by molar-refractivity contribution is -0.0200. The van der Waals surface area contributed by atoms with Gasteiger partial charge in [0.1, 0.15) is 0 Å². The molecule has 0 aliphatic carbocycles. The molecule has 7 heteroatoms. The Morgan fingerprint density at radius 2 is 1.37 bits per heavy atom. The van der Waals surface area contributed by atoms with Crippen LogP contribution in [0.15, 0.2) is 54.5 Å². The Labute approximate surface area is 213 Å². The number of allylic oxidation sites excluding steroid dienone is 2. The van der Waals surface area contributed by atoms with Crippen molar-refractivity contribution in [3.8, 4) is 0 Å². The van der Waals surface area contributed by atoms with Crippen LogP contribution in [0.2, 0.25) is 0 Å². The highest BCUT2D eigenvalue weighted by Gasteiger charge is 2.34. The molecular weight excluding hydrogens is 464 g/mol. The van der Waals surface area contributed by atoms with Crippen molar-refractivity contribution >= 4 is 10.1 Å². The predicted octanol–water partition coefficient (Wildman–Crippen LogP) is 5.84. The van der Waals surface area contributed by atoms with Gasteiger partial charge in [-0.05, 0) is 81.3 Å². The van der Waals surface area contributed by atoms with Gasteiger partial charge in [-0.25, -0.2) is 0 Å². The average Bonchev–Trinajstić information content (AvgIpc) is 2.87. The standard InChI is InChI=1S/C17H24O4S.C10H18O2.CH4/c1-3-4-9-17(10-12-20-13-11-17)14-21-22(18,19)16-7-5-15(2)6-8-16;1-2-3-4-10(9-11)5-7-12-8-6-10;/h3,5-8H,1,4,9-14H2,2H3;2,11H,1,3-9H2;1H4. The normalized spacial score (nSPS) is 18.9. The number of aryl methyl sites for hydroxylation is 1. The zero-order chi connectivity index (χ0) is 24.9. The van der Waals surface area contributed by atoms with Crippen LogP contribution >= 0.6 is 0 Å². The molecule has 2 saturated heterocycles. The molecule has 2 fully saturated rings. The summed E-state index contributed by atoms with van der Waals surface area (Å²) in [7, 11) is -3.71. The van der Waals surface area contributed by atoms with Gasteiger partial charge in [0.05, 0.1) is 11.5 Å². The van der Waals surface area contributed by atoms with Gasteiger partial charge in [0, 0.05) is 33.0 Å². The van der Waals surface area contributed by atoms with E-state index in [9.17, 15) is 13.5 Å². The molecule has 0 amide bonds. The van der Waals surface area contributed by atoms with Gasteiger partial charge in [-0.3, -0.25) is 4.18 Å². The van der Waals surface area contributed by atoms with Crippen molar-refractivity contribution in [2.24, 2.45) is 10.8 Å². The average molecular weight is 511 g/mol. The fraction of sp³-hybridized carbons (Fsp3) is 0.643. The van der Waals surface area contributed by atoms with Crippen LogP contribution in [0.1, 0.15) is 64.4 Å². The Kier molecular flexibility index (Phi) is 14.0. The number of hydrogen-bond acceptors (Lipinski definition) is 6. The summed E-state index contributed by atoms with van der Waals surface area (Å²) in [4.78, 5) is 0.212. The van der Waals surface area contributed by atoms with E-state index in [0.29, 0.717) is 19.8 Å². The summed E-state index contributed by atoms with van der Waals surface area (Å²) in [6.07, 6.45) is 11.2. The lowest BCUT2D eigenvalue weighted by Crippen LogP contribution is -2.35. The first-order valence-electron chi connectivity index (χ1n) is 12.2. The smallest absolute Gasteiger partial charge is 0.296 e. The van der Waals surface area contributed by atoms with E-state index in [2.05, 4.69) is 13.2 Å². The molecule has 1 aromatic carbocycles. The first-order chi connectivity index (χ1) is 16.3. The molecule has 2 aliphatic heterocycles. The number of hydrogen-bond donors (Lipinski definition) is 1. The van der Waals surface area contributed by atoms with E-state index in [-0.39, 0.29) is 29.8 Å². The first kappa shape index (κ1) is 31.5. The lowest BCUT2D eigenvalue weighted by Gasteiger charge is -2.36. The molecule has 0 atom stereocenters. The van der Waals surface area contributed by atoms with Crippen molar-refractivity contribution in [1.29, 1.82) is 0 Å². The molecule has 3 rings (SSSR count). The third kappa shape index (κ3) is 10.2. The van der Waals surface area contributed by atoms with Crippen LogP contribution in [0.3, 0.4) is 0 Å². The molecule has 1 aromatic rings. The van der Waals surface area contributed by atoms with Gasteiger partial charge in [0.25, 0.3) is 10.1 Å². The molecule has 0 unspecified atom stereocenters. The van der Waals surface area contributed by atoms with Gasteiger partial charge in [0.15, 0.2) is 0 Å². The second kappa shape index (κ2) is 15.6. The molecule has 2 aliphatic rings. The fourth-order valence-electron chi connectivity index (χ4n) is 4.35. The Hall–Kier alpha value is -1.51. The van der Waals surface area contributed by atoms with Gasteiger partial charge in [0.2, 0.25) is 0 Å². The molecule has 1 N–H and O–H groups in total. The highest BCUT2D eigenvalue weighted by Crippen LogP contribution is 2.37. The zero-order valence-corrected chi connectivity index (χ0v) is 21.5. The van der Waals surface area contributed by atoms with Gasteiger partial charge in [-0.2, -0.15) is 8.42 Å². The van der Waals surface area contributed by atoms with Gasteiger partial charge in [-0.1, -0.05) is 37.3 Å². The third-order valence-corrected chi connectivity index (χ3v) is 8.31. The molecule has 0 aromatic heterocycles. The highest BCUT2D eigenvalue weighted by atomic mass is 32.2. The van der Waals surface area contributed by atoms with E-state index in [0.717, 1.165) is 70.1 Å². The molecule has 0 spiro atoms. The Balaban J connectivity index is 0.000000401. The van der Waals surface area contributed by atoms with E-state index in [1.165, 1.54) is 0 Å². The molecule has 0 bridgehead atoms. The van der Waals surface area contributed by atoms with Crippen molar-refractivity contribution < 1.29 is 27.2 Å². The van der Waals surface area contributed by atoms with Crippen LogP contribution in [0.25, 0.3) is 0 Å². The summed E-state index contributed by atoms with van der Waals surface area (Å²) >= 11 is 0. The van der Waals surface area contributed by atoms with Crippen LogP contribution in [0, 0.1) is 17.8 Å². The Bertz CT molecular complexity index is 835. The quantitative estimate of drug-likeness (QED) is 0.297. The number of aliphatic hydroxyl groups is 1. The van der Waals surface area contributed by atoms with E-state index >= 15 is 0 Å². The van der Waals surface area contributed by atoms with Crippen LogP contribution in [-0.4, -0.2) is 53.2 Å². The van der Waals surface area contributed by atoms with Gasteiger partial charge < -0.3 is 14.6 Å². The molecular formula is C28H46O6S. The van der Waals surface area contributed by atoms with E-state index < -0.39 is 10.1 Å². The van der Waals surface area contributed by atoms with Gasteiger partial charge in [-0.15, -0.1) is 13.2 Å². The first-order valence-corrected chi connectivity index (χ1v) is 13.7. The number of aliphatic hydroxyl groups excluding tert-OH is 1. The monoisotopic (exact) mass is 510 g/mol. The fourth-order valence-corrected chi connectivity index (χ4v) is 5.37. The molecule has 0 saturated carbocycles. The van der Waals surface area contributed by atoms with Crippen molar-refractivity contribution in [1.82, 2.24) is 0 Å².